The summed E-state index contributed by atoms with van der Waals surface area (Å²) in [5, 5.41) is 5.54. The van der Waals surface area contributed by atoms with Crippen molar-refractivity contribution in [2.24, 2.45) is 0 Å². The van der Waals surface area contributed by atoms with Crippen molar-refractivity contribution >= 4 is 27.5 Å². The first-order valence-corrected chi connectivity index (χ1v) is 12.8. The van der Waals surface area contributed by atoms with Gasteiger partial charge in [-0.05, 0) is 74.7 Å². The first-order chi connectivity index (χ1) is 16.1. The van der Waals surface area contributed by atoms with E-state index in [1.54, 1.807) is 42.5 Å². The summed E-state index contributed by atoms with van der Waals surface area (Å²) in [6.07, 6.45) is 0.941. The zero-order chi connectivity index (χ0) is 25.3. The van der Waals surface area contributed by atoms with E-state index in [2.05, 4.69) is 10.6 Å². The van der Waals surface area contributed by atoms with Crippen LogP contribution in [0.1, 0.15) is 44.2 Å². The lowest BCUT2D eigenvalue weighted by molar-refractivity contribution is -0.122. The molecule has 0 saturated heterocycles. The Balaban J connectivity index is 2.13. The van der Waals surface area contributed by atoms with Crippen LogP contribution in [0.3, 0.4) is 0 Å². The molecule has 2 amide bonds. The fraction of sp³-hybridized carbons (Fsp3) is 0.440. The number of sulfonamides is 1. The third kappa shape index (κ3) is 7.48. The Morgan fingerprint density at radius 1 is 1.00 bits per heavy atom. The summed E-state index contributed by atoms with van der Waals surface area (Å²) in [4.78, 5) is 24.5. The van der Waals surface area contributed by atoms with E-state index in [1.807, 2.05) is 27.7 Å². The van der Waals surface area contributed by atoms with Gasteiger partial charge < -0.3 is 15.4 Å². The van der Waals surface area contributed by atoms with Crippen LogP contribution < -0.4 is 19.7 Å². The number of carbonyl (C=O) groups excluding carboxylic acids is 2. The molecular weight excluding hydrogens is 454 g/mol. The largest absolute Gasteiger partial charge is 0.497 e. The van der Waals surface area contributed by atoms with E-state index in [1.165, 1.54) is 11.4 Å². The number of hydrogen-bond acceptors (Lipinski definition) is 5. The minimum Gasteiger partial charge on any atom is -0.497 e. The van der Waals surface area contributed by atoms with Crippen LogP contribution in [0.15, 0.2) is 47.4 Å². The normalized spacial score (nSPS) is 12.0. The smallest absolute Gasteiger partial charge is 0.264 e. The molecule has 0 aliphatic carbocycles. The van der Waals surface area contributed by atoms with Crippen LogP contribution in [0.25, 0.3) is 0 Å². The minimum atomic E-state index is -3.91. The molecule has 2 rings (SSSR count). The number of hydrogen-bond donors (Lipinski definition) is 2. The summed E-state index contributed by atoms with van der Waals surface area (Å²) in [6.45, 7) is 7.81. The van der Waals surface area contributed by atoms with Crippen molar-refractivity contribution in [1.29, 1.82) is 0 Å². The van der Waals surface area contributed by atoms with Gasteiger partial charge in [0.05, 0.1) is 17.7 Å². The molecule has 2 N–H and O–H groups in total. The molecule has 0 fully saturated rings. The number of aryl methyl sites for hydroxylation is 2. The fourth-order valence-electron chi connectivity index (χ4n) is 3.19. The number of amides is 2. The van der Waals surface area contributed by atoms with E-state index in [-0.39, 0.29) is 48.7 Å². The second kappa shape index (κ2) is 12.4. The molecule has 2 aromatic carbocycles. The van der Waals surface area contributed by atoms with Crippen LogP contribution in [0.2, 0.25) is 0 Å². The van der Waals surface area contributed by atoms with Gasteiger partial charge >= 0.3 is 0 Å². The maximum atomic E-state index is 13.5. The summed E-state index contributed by atoms with van der Waals surface area (Å²) in [6, 6.07) is 11.7. The average molecular weight is 490 g/mol. The molecule has 0 spiro atoms. The van der Waals surface area contributed by atoms with Gasteiger partial charge in [-0.2, -0.15) is 0 Å². The molecule has 0 aromatic heterocycles. The lowest BCUT2D eigenvalue weighted by Crippen LogP contribution is -2.37. The van der Waals surface area contributed by atoms with Crippen molar-refractivity contribution in [3.8, 4) is 5.75 Å². The molecule has 0 bridgehead atoms. The summed E-state index contributed by atoms with van der Waals surface area (Å²) < 4.78 is 33.4. The van der Waals surface area contributed by atoms with Crippen molar-refractivity contribution in [1.82, 2.24) is 10.6 Å². The Hall–Kier alpha value is -3.07. The molecule has 9 heteroatoms. The molecule has 1 unspecified atom stereocenters. The number of nitrogens with zero attached hydrogens (tertiary/aromatic N) is 1. The highest BCUT2D eigenvalue weighted by Crippen LogP contribution is 2.27. The first-order valence-electron chi connectivity index (χ1n) is 11.4. The summed E-state index contributed by atoms with van der Waals surface area (Å²) in [5.74, 6) is 0.137. The highest BCUT2D eigenvalue weighted by molar-refractivity contribution is 7.92. The van der Waals surface area contributed by atoms with E-state index in [0.717, 1.165) is 17.5 Å². The molecule has 0 aliphatic heterocycles. The Labute approximate surface area is 202 Å². The minimum absolute atomic E-state index is 0.0491. The predicted molar refractivity (Wildman–Crippen MR) is 134 cm³/mol. The van der Waals surface area contributed by atoms with Gasteiger partial charge in [0.1, 0.15) is 5.75 Å². The maximum absolute atomic E-state index is 13.5. The van der Waals surface area contributed by atoms with Crippen LogP contribution >= 0.6 is 0 Å². The number of ether oxygens (including phenoxy) is 1. The van der Waals surface area contributed by atoms with Crippen molar-refractivity contribution < 1.29 is 22.7 Å². The van der Waals surface area contributed by atoms with E-state index in [0.29, 0.717) is 11.4 Å². The molecule has 186 valence electrons. The van der Waals surface area contributed by atoms with Gasteiger partial charge in [-0.15, -0.1) is 0 Å². The number of anilines is 1. The van der Waals surface area contributed by atoms with Crippen molar-refractivity contribution in [2.45, 2.75) is 57.9 Å². The maximum Gasteiger partial charge on any atom is 0.264 e. The van der Waals surface area contributed by atoms with Crippen LogP contribution in [0.5, 0.6) is 5.75 Å². The van der Waals surface area contributed by atoms with E-state index < -0.39 is 10.0 Å². The van der Waals surface area contributed by atoms with Crippen molar-refractivity contribution in [3.63, 3.8) is 0 Å². The van der Waals surface area contributed by atoms with E-state index in [4.69, 9.17) is 4.74 Å². The molecule has 2 aromatic rings. The Bertz CT molecular complexity index is 1080. The fourth-order valence-corrected chi connectivity index (χ4v) is 4.75. The second-order valence-corrected chi connectivity index (χ2v) is 10.1. The van der Waals surface area contributed by atoms with Gasteiger partial charge in [0.15, 0.2) is 0 Å². The Morgan fingerprint density at radius 3 is 2.26 bits per heavy atom. The van der Waals surface area contributed by atoms with Gasteiger partial charge in [-0.25, -0.2) is 8.42 Å². The third-order valence-electron chi connectivity index (χ3n) is 5.66. The summed E-state index contributed by atoms with van der Waals surface area (Å²) in [7, 11) is -2.38. The van der Waals surface area contributed by atoms with Crippen LogP contribution in [-0.2, 0) is 19.6 Å². The van der Waals surface area contributed by atoms with Crippen LogP contribution in [0.4, 0.5) is 5.69 Å². The zero-order valence-electron chi connectivity index (χ0n) is 20.6. The van der Waals surface area contributed by atoms with Gasteiger partial charge in [0.25, 0.3) is 10.0 Å². The second-order valence-electron chi connectivity index (χ2n) is 8.25. The van der Waals surface area contributed by atoms with Gasteiger partial charge in [0.2, 0.25) is 11.8 Å². The molecule has 0 radical (unpaired) electrons. The third-order valence-corrected chi connectivity index (χ3v) is 7.49. The van der Waals surface area contributed by atoms with Crippen LogP contribution in [-0.4, -0.2) is 46.5 Å². The van der Waals surface area contributed by atoms with Crippen molar-refractivity contribution in [3.05, 3.63) is 53.6 Å². The number of benzene rings is 2. The highest BCUT2D eigenvalue weighted by Gasteiger charge is 2.26. The van der Waals surface area contributed by atoms with Crippen LogP contribution in [0, 0.1) is 13.8 Å². The highest BCUT2D eigenvalue weighted by atomic mass is 32.2. The predicted octanol–water partition coefficient (Wildman–Crippen LogP) is 3.32. The monoisotopic (exact) mass is 489 g/mol. The van der Waals surface area contributed by atoms with Crippen molar-refractivity contribution in [2.75, 3.05) is 24.5 Å². The van der Waals surface area contributed by atoms with Gasteiger partial charge in [0, 0.05) is 32.0 Å². The molecule has 0 aliphatic rings. The SMILES string of the molecule is CCC(C)NC(=O)CCNC(=O)CCN(c1ccc(OC)cc1)S(=O)(=O)c1ccc(C)c(C)c1. The number of carbonyl (C=O) groups is 2. The molecule has 1 atom stereocenters. The lowest BCUT2D eigenvalue weighted by atomic mass is 10.1. The number of nitrogens with one attached hydrogen (secondary N) is 2. The molecule has 34 heavy (non-hydrogen) atoms. The molecule has 0 heterocycles. The zero-order valence-corrected chi connectivity index (χ0v) is 21.4. The van der Waals surface area contributed by atoms with E-state index in [9.17, 15) is 18.0 Å². The first kappa shape index (κ1) is 27.2. The van der Waals surface area contributed by atoms with Gasteiger partial charge in [-0.1, -0.05) is 13.0 Å². The Morgan fingerprint density at radius 2 is 1.68 bits per heavy atom. The lowest BCUT2D eigenvalue weighted by Gasteiger charge is -2.25. The average Bonchev–Trinajstić information content (AvgIpc) is 2.81. The number of methoxy groups -OCH3 is 1. The topological polar surface area (TPSA) is 105 Å². The summed E-state index contributed by atoms with van der Waals surface area (Å²) >= 11 is 0. The molecular formula is C25H35N3O5S. The summed E-state index contributed by atoms with van der Waals surface area (Å²) in [5.41, 5.74) is 2.29. The standard InChI is InChI=1S/C25H35N3O5S/c1-6-20(4)27-25(30)13-15-26-24(29)14-16-28(21-8-10-22(33-5)11-9-21)34(31,32)23-12-7-18(2)19(3)17-23/h7-12,17,20H,6,13-16H2,1-5H3,(H,26,29)(H,27,30). The quantitative estimate of drug-likeness (QED) is 0.476. The molecule has 8 nitrogen and oxygen atoms in total. The number of rotatable bonds is 12. The van der Waals surface area contributed by atoms with Gasteiger partial charge in [-0.3, -0.25) is 13.9 Å². The molecule has 0 saturated carbocycles. The Kier molecular flexibility index (Phi) is 9.92. The van der Waals surface area contributed by atoms with E-state index >= 15 is 0 Å².